The standard InChI is InChI=1S/C19H22N2O3/c1-20(14-15-6-3-2-4-7-15)18(22)16-9-11-21(12-10-16)19(23)17-8-5-13-24-17/h2-8,13,16H,9-12,14H2,1H3. The van der Waals surface area contributed by atoms with Crippen molar-refractivity contribution in [3.63, 3.8) is 0 Å². The Kier molecular flexibility index (Phi) is 4.99. The highest BCUT2D eigenvalue weighted by Gasteiger charge is 2.30. The highest BCUT2D eigenvalue weighted by Crippen LogP contribution is 2.21. The van der Waals surface area contributed by atoms with Gasteiger partial charge in [-0.3, -0.25) is 9.59 Å². The largest absolute Gasteiger partial charge is 0.459 e. The number of furan rings is 1. The van der Waals surface area contributed by atoms with E-state index in [2.05, 4.69) is 0 Å². The molecule has 3 rings (SSSR count). The van der Waals surface area contributed by atoms with Gasteiger partial charge in [0.1, 0.15) is 0 Å². The van der Waals surface area contributed by atoms with Gasteiger partial charge in [0.15, 0.2) is 5.76 Å². The van der Waals surface area contributed by atoms with Crippen molar-refractivity contribution in [2.75, 3.05) is 20.1 Å². The average Bonchev–Trinajstić information content (AvgIpc) is 3.16. The van der Waals surface area contributed by atoms with E-state index in [1.54, 1.807) is 21.9 Å². The molecule has 0 atom stereocenters. The van der Waals surface area contributed by atoms with E-state index in [0.717, 1.165) is 5.56 Å². The SMILES string of the molecule is CN(Cc1ccccc1)C(=O)C1CCN(C(=O)c2ccco2)CC1. The molecule has 2 heterocycles. The first-order valence-corrected chi connectivity index (χ1v) is 8.27. The van der Waals surface area contributed by atoms with Gasteiger partial charge in [-0.1, -0.05) is 30.3 Å². The first-order valence-electron chi connectivity index (χ1n) is 8.27. The van der Waals surface area contributed by atoms with Gasteiger partial charge < -0.3 is 14.2 Å². The van der Waals surface area contributed by atoms with Crippen LogP contribution in [0.2, 0.25) is 0 Å². The van der Waals surface area contributed by atoms with E-state index in [1.807, 2.05) is 37.4 Å². The molecule has 0 bridgehead atoms. The number of hydrogen-bond donors (Lipinski definition) is 0. The van der Waals surface area contributed by atoms with E-state index in [4.69, 9.17) is 4.42 Å². The van der Waals surface area contributed by atoms with Crippen molar-refractivity contribution >= 4 is 11.8 Å². The molecule has 1 aliphatic rings. The molecular weight excluding hydrogens is 304 g/mol. The Bertz CT molecular complexity index is 674. The summed E-state index contributed by atoms with van der Waals surface area (Å²) in [4.78, 5) is 28.4. The highest BCUT2D eigenvalue weighted by atomic mass is 16.3. The Balaban J connectivity index is 1.52. The van der Waals surface area contributed by atoms with Crippen LogP contribution in [0.5, 0.6) is 0 Å². The predicted octanol–water partition coefficient (Wildman–Crippen LogP) is 2.79. The van der Waals surface area contributed by atoms with Gasteiger partial charge in [0.05, 0.1) is 6.26 Å². The van der Waals surface area contributed by atoms with Gasteiger partial charge in [-0.15, -0.1) is 0 Å². The van der Waals surface area contributed by atoms with Crippen LogP contribution in [-0.2, 0) is 11.3 Å². The topological polar surface area (TPSA) is 53.8 Å². The minimum Gasteiger partial charge on any atom is -0.459 e. The molecule has 0 radical (unpaired) electrons. The molecule has 0 N–H and O–H groups in total. The maximum atomic E-state index is 12.6. The molecule has 126 valence electrons. The van der Waals surface area contributed by atoms with Gasteiger partial charge in [-0.05, 0) is 30.5 Å². The molecule has 2 aromatic rings. The molecule has 1 aliphatic heterocycles. The Morgan fingerprint density at radius 3 is 2.46 bits per heavy atom. The van der Waals surface area contributed by atoms with Crippen LogP contribution in [0, 0.1) is 5.92 Å². The van der Waals surface area contributed by atoms with Crippen molar-refractivity contribution in [1.82, 2.24) is 9.80 Å². The summed E-state index contributed by atoms with van der Waals surface area (Å²) >= 11 is 0. The zero-order chi connectivity index (χ0) is 16.9. The lowest BCUT2D eigenvalue weighted by molar-refractivity contribution is -0.136. The van der Waals surface area contributed by atoms with Crippen molar-refractivity contribution in [1.29, 1.82) is 0 Å². The smallest absolute Gasteiger partial charge is 0.289 e. The van der Waals surface area contributed by atoms with Crippen LogP contribution in [0.25, 0.3) is 0 Å². The summed E-state index contributed by atoms with van der Waals surface area (Å²) in [5.74, 6) is 0.410. The summed E-state index contributed by atoms with van der Waals surface area (Å²) in [5.41, 5.74) is 1.12. The van der Waals surface area contributed by atoms with Crippen molar-refractivity contribution < 1.29 is 14.0 Å². The quantitative estimate of drug-likeness (QED) is 0.868. The molecule has 2 amide bonds. The lowest BCUT2D eigenvalue weighted by Gasteiger charge is -2.32. The summed E-state index contributed by atoms with van der Waals surface area (Å²) in [5, 5.41) is 0. The second-order valence-electron chi connectivity index (χ2n) is 6.22. The molecule has 1 aromatic heterocycles. The molecule has 1 saturated heterocycles. The van der Waals surface area contributed by atoms with Gasteiger partial charge in [0.25, 0.3) is 5.91 Å². The van der Waals surface area contributed by atoms with E-state index >= 15 is 0 Å². The summed E-state index contributed by atoms with van der Waals surface area (Å²) in [7, 11) is 1.84. The van der Waals surface area contributed by atoms with Crippen molar-refractivity contribution in [3.05, 3.63) is 60.1 Å². The second kappa shape index (κ2) is 7.34. The third kappa shape index (κ3) is 3.67. The fourth-order valence-electron chi connectivity index (χ4n) is 3.13. The normalized spacial score (nSPS) is 15.3. The summed E-state index contributed by atoms with van der Waals surface area (Å²) in [6.07, 6.45) is 2.90. The minimum absolute atomic E-state index is 0.0145. The predicted molar refractivity (Wildman–Crippen MR) is 90.3 cm³/mol. The van der Waals surface area contributed by atoms with Crippen molar-refractivity contribution in [2.24, 2.45) is 5.92 Å². The Morgan fingerprint density at radius 2 is 1.83 bits per heavy atom. The third-order valence-corrected chi connectivity index (χ3v) is 4.50. The number of carbonyl (C=O) groups excluding carboxylic acids is 2. The van der Waals surface area contributed by atoms with Crippen LogP contribution >= 0.6 is 0 Å². The molecule has 24 heavy (non-hydrogen) atoms. The third-order valence-electron chi connectivity index (χ3n) is 4.50. The number of amides is 2. The maximum absolute atomic E-state index is 12.6. The average molecular weight is 326 g/mol. The van der Waals surface area contributed by atoms with Crippen LogP contribution in [0.3, 0.4) is 0 Å². The van der Waals surface area contributed by atoms with Crippen LogP contribution in [-0.4, -0.2) is 41.8 Å². The van der Waals surface area contributed by atoms with Crippen molar-refractivity contribution in [3.8, 4) is 0 Å². The van der Waals surface area contributed by atoms with E-state index in [0.29, 0.717) is 38.2 Å². The van der Waals surface area contributed by atoms with Gasteiger partial charge in [-0.25, -0.2) is 0 Å². The van der Waals surface area contributed by atoms with E-state index < -0.39 is 0 Å². The number of piperidine rings is 1. The summed E-state index contributed by atoms with van der Waals surface area (Å²) in [6.45, 7) is 1.80. The number of benzene rings is 1. The van der Waals surface area contributed by atoms with Gasteiger partial charge >= 0.3 is 0 Å². The van der Waals surface area contributed by atoms with E-state index in [1.165, 1.54) is 6.26 Å². The first-order chi connectivity index (χ1) is 11.6. The molecule has 0 saturated carbocycles. The van der Waals surface area contributed by atoms with E-state index in [-0.39, 0.29) is 17.7 Å². The minimum atomic E-state index is -0.0939. The first kappa shape index (κ1) is 16.3. The van der Waals surface area contributed by atoms with Crippen molar-refractivity contribution in [2.45, 2.75) is 19.4 Å². The summed E-state index contributed by atoms with van der Waals surface area (Å²) < 4.78 is 5.16. The van der Waals surface area contributed by atoms with Gasteiger partial charge in [0, 0.05) is 32.6 Å². The van der Waals surface area contributed by atoms with E-state index in [9.17, 15) is 9.59 Å². The van der Waals surface area contributed by atoms with Gasteiger partial charge in [0.2, 0.25) is 5.91 Å². The number of rotatable bonds is 4. The Morgan fingerprint density at radius 1 is 1.12 bits per heavy atom. The molecule has 0 aliphatic carbocycles. The fraction of sp³-hybridized carbons (Fsp3) is 0.368. The molecular formula is C19H22N2O3. The van der Waals surface area contributed by atoms with Crippen LogP contribution < -0.4 is 0 Å². The van der Waals surface area contributed by atoms with Gasteiger partial charge in [-0.2, -0.15) is 0 Å². The Labute approximate surface area is 141 Å². The second-order valence-corrected chi connectivity index (χ2v) is 6.22. The van der Waals surface area contributed by atoms with Crippen LogP contribution in [0.1, 0.15) is 29.0 Å². The molecule has 5 nitrogen and oxygen atoms in total. The molecule has 1 fully saturated rings. The summed E-state index contributed by atoms with van der Waals surface area (Å²) in [6, 6.07) is 13.4. The Hall–Kier alpha value is -2.56. The number of nitrogens with zero attached hydrogens (tertiary/aromatic N) is 2. The monoisotopic (exact) mass is 326 g/mol. The number of carbonyl (C=O) groups is 2. The number of hydrogen-bond acceptors (Lipinski definition) is 3. The zero-order valence-electron chi connectivity index (χ0n) is 13.9. The highest BCUT2D eigenvalue weighted by molar-refractivity contribution is 5.91. The lowest BCUT2D eigenvalue weighted by atomic mass is 9.95. The van der Waals surface area contributed by atoms with Crippen LogP contribution in [0.15, 0.2) is 53.1 Å². The zero-order valence-corrected chi connectivity index (χ0v) is 13.9. The van der Waals surface area contributed by atoms with Crippen LogP contribution in [0.4, 0.5) is 0 Å². The molecule has 5 heteroatoms. The number of likely N-dealkylation sites (tertiary alicyclic amines) is 1. The molecule has 0 spiro atoms. The lowest BCUT2D eigenvalue weighted by Crippen LogP contribution is -2.43. The molecule has 0 unspecified atom stereocenters. The molecule has 1 aromatic carbocycles. The maximum Gasteiger partial charge on any atom is 0.289 e. The fourth-order valence-corrected chi connectivity index (χ4v) is 3.13.